The molecule has 0 saturated carbocycles. The van der Waals surface area contributed by atoms with Crippen LogP contribution in [0.25, 0.3) is 0 Å². The SMILES string of the molecule is CC(Br)=C=CCCBr. The van der Waals surface area contributed by atoms with Crippen molar-refractivity contribution in [3.05, 3.63) is 16.3 Å². The van der Waals surface area contributed by atoms with E-state index in [2.05, 4.69) is 37.6 Å². The normalized spacial score (nSPS) is 7.88. The summed E-state index contributed by atoms with van der Waals surface area (Å²) < 4.78 is 1.05. The Morgan fingerprint density at radius 1 is 1.75 bits per heavy atom. The molecule has 0 aliphatic heterocycles. The van der Waals surface area contributed by atoms with Gasteiger partial charge in [0, 0.05) is 9.81 Å². The van der Waals surface area contributed by atoms with Crippen LogP contribution in [0.4, 0.5) is 0 Å². The summed E-state index contributed by atoms with van der Waals surface area (Å²) in [4.78, 5) is 0. The number of alkyl halides is 1. The zero-order chi connectivity index (χ0) is 6.41. The van der Waals surface area contributed by atoms with Crippen LogP contribution in [0.3, 0.4) is 0 Å². The Labute approximate surface area is 66.9 Å². The molecule has 0 unspecified atom stereocenters. The summed E-state index contributed by atoms with van der Waals surface area (Å²) in [6.07, 6.45) is 3.04. The van der Waals surface area contributed by atoms with E-state index in [-0.39, 0.29) is 0 Å². The molecule has 8 heavy (non-hydrogen) atoms. The Kier molecular flexibility index (Phi) is 5.95. The topological polar surface area (TPSA) is 0 Å². The molecule has 0 aromatic rings. The van der Waals surface area contributed by atoms with Crippen LogP contribution in [0.2, 0.25) is 0 Å². The Morgan fingerprint density at radius 2 is 2.38 bits per heavy atom. The first kappa shape index (κ1) is 8.48. The molecule has 0 nitrogen and oxygen atoms in total. The van der Waals surface area contributed by atoms with Crippen LogP contribution in [0.15, 0.2) is 16.3 Å². The minimum absolute atomic E-state index is 1.01. The zero-order valence-corrected chi connectivity index (χ0v) is 7.92. The maximum atomic E-state index is 3.30. The van der Waals surface area contributed by atoms with Gasteiger partial charge in [0.25, 0.3) is 0 Å². The molecule has 0 aromatic heterocycles. The van der Waals surface area contributed by atoms with Crippen LogP contribution < -0.4 is 0 Å². The molecule has 0 spiro atoms. The summed E-state index contributed by atoms with van der Waals surface area (Å²) in [7, 11) is 0. The summed E-state index contributed by atoms with van der Waals surface area (Å²) in [5, 5.41) is 1.01. The van der Waals surface area contributed by atoms with E-state index in [4.69, 9.17) is 0 Å². The lowest BCUT2D eigenvalue weighted by molar-refractivity contribution is 1.26. The molecule has 0 aromatic carbocycles. The first-order valence-electron chi connectivity index (χ1n) is 2.40. The average molecular weight is 240 g/mol. The fourth-order valence-electron chi connectivity index (χ4n) is 0.267. The van der Waals surface area contributed by atoms with Crippen LogP contribution in [0.5, 0.6) is 0 Å². The zero-order valence-electron chi connectivity index (χ0n) is 4.75. The van der Waals surface area contributed by atoms with E-state index in [9.17, 15) is 0 Å². The van der Waals surface area contributed by atoms with Gasteiger partial charge in [0.05, 0.1) is 0 Å². The Bertz CT molecular complexity index is 106. The fraction of sp³-hybridized carbons (Fsp3) is 0.500. The van der Waals surface area contributed by atoms with Gasteiger partial charge >= 0.3 is 0 Å². The lowest BCUT2D eigenvalue weighted by Gasteiger charge is -1.76. The summed E-state index contributed by atoms with van der Waals surface area (Å²) in [6.45, 7) is 1.96. The van der Waals surface area contributed by atoms with Gasteiger partial charge in [-0.2, -0.15) is 0 Å². The number of rotatable bonds is 2. The number of halogens is 2. The van der Waals surface area contributed by atoms with Crippen molar-refractivity contribution in [2.45, 2.75) is 13.3 Å². The highest BCUT2D eigenvalue weighted by Crippen LogP contribution is 1.98. The van der Waals surface area contributed by atoms with E-state index in [1.165, 1.54) is 0 Å². The lowest BCUT2D eigenvalue weighted by Crippen LogP contribution is -1.61. The van der Waals surface area contributed by atoms with Crippen molar-refractivity contribution in [2.75, 3.05) is 5.33 Å². The predicted octanol–water partition coefficient (Wildman–Crippen LogP) is 3.23. The van der Waals surface area contributed by atoms with Crippen molar-refractivity contribution in [1.29, 1.82) is 0 Å². The molecule has 0 bridgehead atoms. The van der Waals surface area contributed by atoms with Crippen molar-refractivity contribution >= 4 is 31.9 Å². The minimum atomic E-state index is 1.01. The third-order valence-electron chi connectivity index (χ3n) is 0.554. The second-order valence-electron chi connectivity index (χ2n) is 1.36. The molecule has 0 rings (SSSR count). The van der Waals surface area contributed by atoms with Crippen molar-refractivity contribution in [3.8, 4) is 0 Å². The van der Waals surface area contributed by atoms with Gasteiger partial charge in [-0.3, -0.25) is 0 Å². The summed E-state index contributed by atoms with van der Waals surface area (Å²) in [5.74, 6) is 0. The summed E-state index contributed by atoms with van der Waals surface area (Å²) in [6, 6.07) is 0. The smallest absolute Gasteiger partial charge is 0.0334 e. The molecule has 0 amide bonds. The first-order chi connectivity index (χ1) is 3.77. The maximum absolute atomic E-state index is 3.30. The van der Waals surface area contributed by atoms with E-state index in [0.29, 0.717) is 0 Å². The molecular formula is C6H8Br2. The highest BCUT2D eigenvalue weighted by Gasteiger charge is 1.71. The third kappa shape index (κ3) is 6.48. The highest BCUT2D eigenvalue weighted by atomic mass is 79.9. The highest BCUT2D eigenvalue weighted by molar-refractivity contribution is 9.11. The van der Waals surface area contributed by atoms with Crippen LogP contribution in [-0.2, 0) is 0 Å². The molecule has 0 fully saturated rings. The van der Waals surface area contributed by atoms with Crippen LogP contribution in [-0.4, -0.2) is 5.33 Å². The standard InChI is InChI=1S/C6H8Br2/c1-6(8)4-2-3-5-7/h2H,3,5H2,1H3. The number of allylic oxidation sites excluding steroid dienone is 1. The molecular weight excluding hydrogens is 232 g/mol. The monoisotopic (exact) mass is 238 g/mol. The van der Waals surface area contributed by atoms with Gasteiger partial charge in [0.2, 0.25) is 0 Å². The molecule has 46 valence electrons. The Hall–Kier alpha value is 0.480. The molecule has 0 aliphatic carbocycles. The lowest BCUT2D eigenvalue weighted by atomic mass is 10.4. The Morgan fingerprint density at radius 3 is 2.75 bits per heavy atom. The molecule has 0 atom stereocenters. The van der Waals surface area contributed by atoms with Gasteiger partial charge in [-0.1, -0.05) is 15.9 Å². The number of hydrogen-bond donors (Lipinski definition) is 0. The predicted molar refractivity (Wildman–Crippen MR) is 44.6 cm³/mol. The fourth-order valence-corrected chi connectivity index (χ4v) is 0.658. The third-order valence-corrected chi connectivity index (χ3v) is 1.24. The maximum Gasteiger partial charge on any atom is 0.0334 e. The molecule has 0 saturated heterocycles. The van der Waals surface area contributed by atoms with Gasteiger partial charge in [0.1, 0.15) is 0 Å². The summed E-state index contributed by atoms with van der Waals surface area (Å²) in [5.41, 5.74) is 3.02. The van der Waals surface area contributed by atoms with Crippen molar-refractivity contribution in [2.24, 2.45) is 0 Å². The van der Waals surface area contributed by atoms with Crippen LogP contribution >= 0.6 is 31.9 Å². The second-order valence-corrected chi connectivity index (χ2v) is 3.34. The average Bonchev–Trinajstić information content (AvgIpc) is 1.66. The van der Waals surface area contributed by atoms with Crippen molar-refractivity contribution in [1.82, 2.24) is 0 Å². The van der Waals surface area contributed by atoms with E-state index in [0.717, 1.165) is 16.2 Å². The van der Waals surface area contributed by atoms with Gasteiger partial charge in [0.15, 0.2) is 0 Å². The van der Waals surface area contributed by atoms with Crippen molar-refractivity contribution in [3.63, 3.8) is 0 Å². The van der Waals surface area contributed by atoms with Crippen LogP contribution in [0, 0.1) is 0 Å². The van der Waals surface area contributed by atoms with E-state index >= 15 is 0 Å². The van der Waals surface area contributed by atoms with E-state index in [1.807, 2.05) is 13.0 Å². The van der Waals surface area contributed by atoms with E-state index < -0.39 is 0 Å². The quantitative estimate of drug-likeness (QED) is 0.513. The van der Waals surface area contributed by atoms with Gasteiger partial charge in [-0.05, 0) is 35.4 Å². The summed E-state index contributed by atoms with van der Waals surface area (Å²) >= 11 is 6.57. The molecule has 0 N–H and O–H groups in total. The number of hydrogen-bond acceptors (Lipinski definition) is 0. The second kappa shape index (κ2) is 5.61. The largest absolute Gasteiger partial charge is 0.114 e. The van der Waals surface area contributed by atoms with Crippen LogP contribution in [0.1, 0.15) is 13.3 Å². The van der Waals surface area contributed by atoms with Crippen molar-refractivity contribution < 1.29 is 0 Å². The van der Waals surface area contributed by atoms with Gasteiger partial charge in [-0.15, -0.1) is 5.73 Å². The first-order valence-corrected chi connectivity index (χ1v) is 4.32. The van der Waals surface area contributed by atoms with Gasteiger partial charge < -0.3 is 0 Å². The van der Waals surface area contributed by atoms with E-state index in [1.54, 1.807) is 0 Å². The molecule has 2 heteroatoms. The molecule has 0 radical (unpaired) electrons. The van der Waals surface area contributed by atoms with Gasteiger partial charge in [-0.25, -0.2) is 0 Å². The Balaban J connectivity index is 3.48. The minimum Gasteiger partial charge on any atom is -0.114 e. The molecule has 0 heterocycles. The molecule has 0 aliphatic rings.